The molecule has 0 saturated carbocycles. The van der Waals surface area contributed by atoms with Crippen LogP contribution in [0, 0.1) is 20.8 Å². The molecule has 1 aliphatic heterocycles. The summed E-state index contributed by atoms with van der Waals surface area (Å²) >= 11 is 0. The molecule has 0 bridgehead atoms. The van der Waals surface area contributed by atoms with Gasteiger partial charge in [0.1, 0.15) is 5.58 Å². The topological polar surface area (TPSA) is 42.7 Å². The summed E-state index contributed by atoms with van der Waals surface area (Å²) in [7, 11) is 1.85. The summed E-state index contributed by atoms with van der Waals surface area (Å²) < 4.78 is 11.6. The smallest absolute Gasteiger partial charge is 0.289 e. The van der Waals surface area contributed by atoms with Gasteiger partial charge in [-0.3, -0.25) is 4.79 Å². The van der Waals surface area contributed by atoms with Crippen molar-refractivity contribution in [2.24, 2.45) is 0 Å². The fraction of sp³-hybridized carbons (Fsp3) is 0.550. The van der Waals surface area contributed by atoms with Crippen LogP contribution in [0.3, 0.4) is 0 Å². The Morgan fingerprint density at radius 2 is 2.04 bits per heavy atom. The van der Waals surface area contributed by atoms with Crippen LogP contribution in [0.15, 0.2) is 16.5 Å². The molecule has 0 radical (unpaired) electrons. The lowest BCUT2D eigenvalue weighted by molar-refractivity contribution is 0.0736. The van der Waals surface area contributed by atoms with Crippen LogP contribution in [0.4, 0.5) is 0 Å². The number of hydrogen-bond acceptors (Lipinski definition) is 3. The highest BCUT2D eigenvalue weighted by Crippen LogP contribution is 2.30. The van der Waals surface area contributed by atoms with E-state index < -0.39 is 0 Å². The molecule has 2 heterocycles. The first kappa shape index (κ1) is 17.0. The lowest BCUT2D eigenvalue weighted by Gasteiger charge is -2.17. The van der Waals surface area contributed by atoms with Crippen LogP contribution in [0.25, 0.3) is 11.0 Å². The number of ether oxygens (including phenoxy) is 1. The van der Waals surface area contributed by atoms with Crippen molar-refractivity contribution in [2.75, 3.05) is 20.2 Å². The Bertz CT molecular complexity index is 741. The van der Waals surface area contributed by atoms with Gasteiger partial charge in [0.2, 0.25) is 0 Å². The first-order valence-corrected chi connectivity index (χ1v) is 8.85. The van der Waals surface area contributed by atoms with Crippen LogP contribution >= 0.6 is 0 Å². The SMILES string of the molecule is Cc1ccc2c(C)c(C(=O)N(C)CCCC3CCCO3)oc2c1C. The van der Waals surface area contributed by atoms with E-state index in [9.17, 15) is 4.79 Å². The van der Waals surface area contributed by atoms with Crippen molar-refractivity contribution >= 4 is 16.9 Å². The number of carbonyl (C=O) groups is 1. The highest BCUT2D eigenvalue weighted by molar-refractivity contribution is 5.99. The number of fused-ring (bicyclic) bond motifs is 1. The molecule has 1 atom stereocenters. The summed E-state index contributed by atoms with van der Waals surface area (Å²) in [5.41, 5.74) is 4.06. The quantitative estimate of drug-likeness (QED) is 0.817. The first-order valence-electron chi connectivity index (χ1n) is 8.85. The minimum atomic E-state index is -0.0342. The Hall–Kier alpha value is -1.81. The van der Waals surface area contributed by atoms with E-state index in [-0.39, 0.29) is 5.91 Å². The molecule has 1 aromatic heterocycles. The van der Waals surface area contributed by atoms with E-state index in [2.05, 4.69) is 13.0 Å². The van der Waals surface area contributed by atoms with Crippen LogP contribution in [-0.4, -0.2) is 37.1 Å². The molecule has 130 valence electrons. The van der Waals surface area contributed by atoms with E-state index in [1.165, 1.54) is 5.56 Å². The third-order valence-corrected chi connectivity index (χ3v) is 5.21. The maximum atomic E-state index is 12.8. The molecule has 1 saturated heterocycles. The maximum absolute atomic E-state index is 12.8. The van der Waals surface area contributed by atoms with Crippen molar-refractivity contribution in [3.63, 3.8) is 0 Å². The molecule has 4 nitrogen and oxygen atoms in total. The Kier molecular flexibility index (Phi) is 4.95. The Labute approximate surface area is 143 Å². The molecule has 1 aromatic carbocycles. The van der Waals surface area contributed by atoms with Crippen LogP contribution in [0.1, 0.15) is 52.9 Å². The molecule has 0 N–H and O–H groups in total. The molecular weight excluding hydrogens is 302 g/mol. The van der Waals surface area contributed by atoms with Gasteiger partial charge in [-0.05, 0) is 57.6 Å². The molecule has 0 aliphatic carbocycles. The van der Waals surface area contributed by atoms with Crippen molar-refractivity contribution in [3.05, 3.63) is 34.6 Å². The predicted molar refractivity (Wildman–Crippen MR) is 95.6 cm³/mol. The van der Waals surface area contributed by atoms with E-state index >= 15 is 0 Å². The average Bonchev–Trinajstić information content (AvgIpc) is 3.19. The normalized spacial score (nSPS) is 17.6. The number of aryl methyl sites for hydroxylation is 3. The highest BCUT2D eigenvalue weighted by atomic mass is 16.5. The predicted octanol–water partition coefficient (Wildman–Crippen LogP) is 4.39. The highest BCUT2D eigenvalue weighted by Gasteiger charge is 2.22. The largest absolute Gasteiger partial charge is 0.450 e. The molecule has 1 amide bonds. The number of furan rings is 1. The van der Waals surface area contributed by atoms with Gasteiger partial charge < -0.3 is 14.1 Å². The van der Waals surface area contributed by atoms with Gasteiger partial charge in [0.15, 0.2) is 5.76 Å². The molecule has 1 aliphatic rings. The van der Waals surface area contributed by atoms with Crippen LogP contribution in [-0.2, 0) is 4.74 Å². The summed E-state index contributed by atoms with van der Waals surface area (Å²) in [6.07, 6.45) is 4.68. The zero-order chi connectivity index (χ0) is 17.3. The van der Waals surface area contributed by atoms with E-state index in [1.807, 2.05) is 27.0 Å². The molecule has 0 spiro atoms. The summed E-state index contributed by atoms with van der Waals surface area (Å²) in [4.78, 5) is 14.5. The number of carbonyl (C=O) groups excluding carboxylic acids is 1. The Balaban J connectivity index is 1.70. The second kappa shape index (κ2) is 6.98. The van der Waals surface area contributed by atoms with Crippen molar-refractivity contribution in [3.8, 4) is 0 Å². The third kappa shape index (κ3) is 3.20. The summed E-state index contributed by atoms with van der Waals surface area (Å²) in [5.74, 6) is 0.436. The monoisotopic (exact) mass is 329 g/mol. The molecule has 24 heavy (non-hydrogen) atoms. The van der Waals surface area contributed by atoms with Crippen molar-refractivity contribution in [1.29, 1.82) is 0 Å². The standard InChI is InChI=1S/C20H27NO3/c1-13-9-10-17-15(3)19(24-18(17)14(13)2)20(22)21(4)11-5-7-16-8-6-12-23-16/h9-10,16H,5-8,11-12H2,1-4H3. The third-order valence-electron chi connectivity index (χ3n) is 5.21. The summed E-state index contributed by atoms with van der Waals surface area (Å²) in [6, 6.07) is 4.13. The average molecular weight is 329 g/mol. The van der Waals surface area contributed by atoms with Gasteiger partial charge >= 0.3 is 0 Å². The minimum absolute atomic E-state index is 0.0342. The molecule has 1 fully saturated rings. The second-order valence-electron chi connectivity index (χ2n) is 6.94. The number of rotatable bonds is 5. The maximum Gasteiger partial charge on any atom is 0.289 e. The fourth-order valence-electron chi connectivity index (χ4n) is 3.42. The molecule has 1 unspecified atom stereocenters. The molecule has 3 rings (SSSR count). The van der Waals surface area contributed by atoms with Gasteiger partial charge in [-0.25, -0.2) is 0 Å². The number of benzene rings is 1. The number of nitrogens with zero attached hydrogens (tertiary/aromatic N) is 1. The van der Waals surface area contributed by atoms with Crippen LogP contribution < -0.4 is 0 Å². The lowest BCUT2D eigenvalue weighted by atomic mass is 10.0. The molecular formula is C20H27NO3. The zero-order valence-electron chi connectivity index (χ0n) is 15.1. The van der Waals surface area contributed by atoms with Gasteiger partial charge in [-0.1, -0.05) is 12.1 Å². The Morgan fingerprint density at radius 3 is 2.75 bits per heavy atom. The van der Waals surface area contributed by atoms with Crippen LogP contribution in [0.2, 0.25) is 0 Å². The van der Waals surface area contributed by atoms with Gasteiger partial charge in [0.05, 0.1) is 6.10 Å². The van der Waals surface area contributed by atoms with Crippen molar-refractivity contribution in [1.82, 2.24) is 4.90 Å². The second-order valence-corrected chi connectivity index (χ2v) is 6.94. The number of amides is 1. The van der Waals surface area contributed by atoms with Crippen molar-refractivity contribution < 1.29 is 13.9 Å². The lowest BCUT2D eigenvalue weighted by Crippen LogP contribution is -2.28. The molecule has 2 aromatic rings. The minimum Gasteiger partial charge on any atom is -0.450 e. The first-order chi connectivity index (χ1) is 11.5. The van der Waals surface area contributed by atoms with Gasteiger partial charge in [0.25, 0.3) is 5.91 Å². The Morgan fingerprint density at radius 1 is 1.25 bits per heavy atom. The van der Waals surface area contributed by atoms with Gasteiger partial charge in [-0.15, -0.1) is 0 Å². The summed E-state index contributed by atoms with van der Waals surface area (Å²) in [5, 5.41) is 1.04. The van der Waals surface area contributed by atoms with E-state index in [4.69, 9.17) is 9.15 Å². The van der Waals surface area contributed by atoms with E-state index in [0.717, 1.165) is 60.9 Å². The van der Waals surface area contributed by atoms with E-state index in [0.29, 0.717) is 11.9 Å². The zero-order valence-corrected chi connectivity index (χ0v) is 15.1. The fourth-order valence-corrected chi connectivity index (χ4v) is 3.42. The van der Waals surface area contributed by atoms with Crippen molar-refractivity contribution in [2.45, 2.75) is 52.6 Å². The van der Waals surface area contributed by atoms with Crippen LogP contribution in [0.5, 0.6) is 0 Å². The summed E-state index contributed by atoms with van der Waals surface area (Å²) in [6.45, 7) is 7.68. The van der Waals surface area contributed by atoms with Gasteiger partial charge in [0, 0.05) is 31.1 Å². The molecule has 4 heteroatoms. The van der Waals surface area contributed by atoms with E-state index in [1.54, 1.807) is 4.90 Å². The van der Waals surface area contributed by atoms with Gasteiger partial charge in [-0.2, -0.15) is 0 Å². The number of hydrogen-bond donors (Lipinski definition) is 0.